The van der Waals surface area contributed by atoms with Crippen LogP contribution < -0.4 is 30.4 Å². The molecule has 1 saturated heterocycles. The zero-order chi connectivity index (χ0) is 33.8. The number of amides is 3. The minimum atomic E-state index is -0.706. The molecule has 0 radical (unpaired) electrons. The number of benzene rings is 3. The van der Waals surface area contributed by atoms with Crippen LogP contribution in [0.3, 0.4) is 0 Å². The van der Waals surface area contributed by atoms with Crippen molar-refractivity contribution in [2.24, 2.45) is 0 Å². The summed E-state index contributed by atoms with van der Waals surface area (Å²) in [4.78, 5) is 54.1. The maximum absolute atomic E-state index is 14.7. The first-order valence-electron chi connectivity index (χ1n) is 15.7. The van der Waals surface area contributed by atoms with Crippen molar-refractivity contribution in [3.8, 4) is 28.4 Å². The molecule has 12 heteroatoms. The molecule has 4 aromatic rings. The summed E-state index contributed by atoms with van der Waals surface area (Å²) in [7, 11) is 1.53. The number of fused-ring (bicyclic) bond motifs is 8. The van der Waals surface area contributed by atoms with E-state index < -0.39 is 29.8 Å². The molecular formula is C36H35FN4O7. The van der Waals surface area contributed by atoms with Crippen molar-refractivity contribution in [3.05, 3.63) is 112 Å². The number of ether oxygens (including phenoxy) is 3. The second kappa shape index (κ2) is 14.0. The minimum absolute atomic E-state index is 0.0311. The monoisotopic (exact) mass is 654 g/mol. The van der Waals surface area contributed by atoms with Crippen LogP contribution in [0.25, 0.3) is 11.1 Å². The van der Waals surface area contributed by atoms with Crippen molar-refractivity contribution in [3.63, 3.8) is 0 Å². The Labute approximate surface area is 276 Å². The van der Waals surface area contributed by atoms with Gasteiger partial charge in [0.25, 0.3) is 23.3 Å². The number of nitrogens with zero attached hydrogens (tertiary/aromatic N) is 2. The summed E-state index contributed by atoms with van der Waals surface area (Å²) in [5, 5.41) is 5.78. The van der Waals surface area contributed by atoms with Gasteiger partial charge in [-0.3, -0.25) is 19.2 Å². The van der Waals surface area contributed by atoms with Crippen LogP contribution in [0.15, 0.2) is 83.8 Å². The number of carbonyl (C=O) groups is 3. The van der Waals surface area contributed by atoms with E-state index in [-0.39, 0.29) is 49.0 Å². The van der Waals surface area contributed by atoms with Gasteiger partial charge in [-0.15, -0.1) is 0 Å². The summed E-state index contributed by atoms with van der Waals surface area (Å²) < 4.78 is 33.8. The Morgan fingerprint density at radius 2 is 1.85 bits per heavy atom. The van der Waals surface area contributed by atoms with Crippen molar-refractivity contribution >= 4 is 17.7 Å². The molecule has 2 aliphatic rings. The third-order valence-electron chi connectivity index (χ3n) is 8.42. The maximum Gasteiger partial charge on any atom is 0.258 e. The lowest BCUT2D eigenvalue weighted by molar-refractivity contribution is -0.123. The van der Waals surface area contributed by atoms with Crippen LogP contribution >= 0.6 is 0 Å². The topological polar surface area (TPSA) is 128 Å². The van der Waals surface area contributed by atoms with Gasteiger partial charge in [-0.25, -0.2) is 4.39 Å². The Kier molecular flexibility index (Phi) is 9.42. The largest absolute Gasteiger partial charge is 0.496 e. The van der Waals surface area contributed by atoms with E-state index in [1.807, 2.05) is 13.0 Å². The van der Waals surface area contributed by atoms with Crippen LogP contribution in [-0.4, -0.2) is 66.1 Å². The van der Waals surface area contributed by atoms with Gasteiger partial charge in [-0.05, 0) is 66.6 Å². The number of hydrogen-bond donors (Lipinski definition) is 2. The maximum atomic E-state index is 14.7. The summed E-state index contributed by atoms with van der Waals surface area (Å²) in [5.41, 5.74) is 2.08. The summed E-state index contributed by atoms with van der Waals surface area (Å²) in [6.45, 7) is 2.43. The average Bonchev–Trinajstić information content (AvgIpc) is 3.09. The van der Waals surface area contributed by atoms with Gasteiger partial charge in [-0.2, -0.15) is 0 Å². The Bertz CT molecular complexity index is 1930. The van der Waals surface area contributed by atoms with Gasteiger partial charge in [0.2, 0.25) is 0 Å². The number of piperidine rings is 1. The Morgan fingerprint density at radius 3 is 2.65 bits per heavy atom. The van der Waals surface area contributed by atoms with Gasteiger partial charge in [0.1, 0.15) is 29.2 Å². The molecule has 6 bridgehead atoms. The molecule has 3 amide bonds. The molecule has 0 spiro atoms. The molecule has 2 atom stereocenters. The molecule has 248 valence electrons. The zero-order valence-electron chi connectivity index (χ0n) is 26.5. The number of pyridine rings is 1. The molecule has 0 unspecified atom stereocenters. The van der Waals surface area contributed by atoms with Crippen molar-refractivity contribution in [2.45, 2.75) is 38.6 Å². The molecule has 3 aromatic carbocycles. The van der Waals surface area contributed by atoms with E-state index in [0.29, 0.717) is 46.7 Å². The Morgan fingerprint density at radius 1 is 1.00 bits per heavy atom. The lowest BCUT2D eigenvalue weighted by atomic mass is 9.98. The average molecular weight is 655 g/mol. The van der Waals surface area contributed by atoms with Gasteiger partial charge in [0, 0.05) is 67.6 Å². The number of halogens is 1. The minimum Gasteiger partial charge on any atom is -0.496 e. The number of nitrogens with one attached hydrogen (secondary N) is 2. The summed E-state index contributed by atoms with van der Waals surface area (Å²) in [6, 6.07) is 18.4. The van der Waals surface area contributed by atoms with Crippen molar-refractivity contribution in [1.82, 2.24) is 20.1 Å². The number of carbonyl (C=O) groups excluding carboxylic acids is 3. The molecule has 0 saturated carbocycles. The third kappa shape index (κ3) is 7.17. The zero-order valence-corrected chi connectivity index (χ0v) is 26.5. The predicted octanol–water partition coefficient (Wildman–Crippen LogP) is 3.78. The molecule has 0 aliphatic carbocycles. The Hall–Kier alpha value is -5.65. The third-order valence-corrected chi connectivity index (χ3v) is 8.42. The normalized spacial score (nSPS) is 18.0. The summed E-state index contributed by atoms with van der Waals surface area (Å²) in [5.74, 6) is -0.563. The fourth-order valence-electron chi connectivity index (χ4n) is 5.93. The molecule has 11 nitrogen and oxygen atoms in total. The molecule has 3 heterocycles. The molecular weight excluding hydrogens is 619 g/mol. The fourth-order valence-corrected chi connectivity index (χ4v) is 5.93. The first kappa shape index (κ1) is 32.3. The number of likely N-dealkylation sites (tertiary alicyclic amines) is 1. The van der Waals surface area contributed by atoms with Gasteiger partial charge >= 0.3 is 0 Å². The van der Waals surface area contributed by atoms with Crippen molar-refractivity contribution in [1.29, 1.82) is 0 Å². The van der Waals surface area contributed by atoms with Crippen LogP contribution in [0, 0.1) is 5.82 Å². The molecule has 6 rings (SSSR count). The standard InChI is InChI=1S/C36H35FN4O7/c1-3-40-11-9-25(17-34(40)43)36(45)41-12-10-32-30(20-41)39-35(44)24-7-8-31(46-2)29(16-24)23-5-4-6-27(15-23)47-21-33(42)38-19-22-13-26(37)18-28(14-22)48-32/h4-9,11,13-18,30,32H,3,10,12,19-21H2,1-2H3,(H,38,42)(H,39,44)/t30-,32-/m1/s1. The highest BCUT2D eigenvalue weighted by Crippen LogP contribution is 2.33. The van der Waals surface area contributed by atoms with E-state index in [2.05, 4.69) is 10.6 Å². The van der Waals surface area contributed by atoms with Crippen LogP contribution in [0.5, 0.6) is 17.2 Å². The first-order valence-corrected chi connectivity index (χ1v) is 15.7. The summed E-state index contributed by atoms with van der Waals surface area (Å²) >= 11 is 0. The number of rotatable bonds is 3. The van der Waals surface area contributed by atoms with Crippen LogP contribution in [0.2, 0.25) is 0 Å². The second-order valence-corrected chi connectivity index (χ2v) is 11.6. The van der Waals surface area contributed by atoms with Gasteiger partial charge in [0.05, 0.1) is 13.2 Å². The highest BCUT2D eigenvalue weighted by atomic mass is 19.1. The van der Waals surface area contributed by atoms with Crippen LogP contribution in [0.4, 0.5) is 4.39 Å². The highest BCUT2D eigenvalue weighted by Gasteiger charge is 2.35. The van der Waals surface area contributed by atoms with E-state index in [4.69, 9.17) is 14.2 Å². The lowest BCUT2D eigenvalue weighted by Gasteiger charge is -2.39. The van der Waals surface area contributed by atoms with E-state index >= 15 is 0 Å². The van der Waals surface area contributed by atoms with Gasteiger partial charge in [-0.1, -0.05) is 12.1 Å². The summed E-state index contributed by atoms with van der Waals surface area (Å²) in [6.07, 6.45) is 1.25. The Balaban J connectivity index is 1.36. The SMILES string of the molecule is CCn1ccc(C(=O)N2CC[C@H]3Oc4cc(F)cc(c4)CNC(=O)COc4cccc(c4)-c4cc(ccc4OC)C(=O)N[C@@H]3C2)cc1=O. The molecule has 48 heavy (non-hydrogen) atoms. The molecule has 2 aliphatic heterocycles. The first-order chi connectivity index (χ1) is 23.2. The molecule has 1 fully saturated rings. The fraction of sp³-hybridized carbons (Fsp3) is 0.278. The van der Waals surface area contributed by atoms with Gasteiger partial charge in [0.15, 0.2) is 6.61 Å². The quantitative estimate of drug-likeness (QED) is 0.344. The highest BCUT2D eigenvalue weighted by molar-refractivity contribution is 5.97. The molecule has 2 N–H and O–H groups in total. The van der Waals surface area contributed by atoms with Crippen molar-refractivity contribution in [2.75, 3.05) is 26.8 Å². The van der Waals surface area contributed by atoms with Crippen LogP contribution in [-0.2, 0) is 17.9 Å². The van der Waals surface area contributed by atoms with E-state index in [1.165, 1.54) is 29.9 Å². The smallest absolute Gasteiger partial charge is 0.258 e. The lowest BCUT2D eigenvalue weighted by Crippen LogP contribution is -2.58. The van der Waals surface area contributed by atoms with E-state index in [1.54, 1.807) is 59.6 Å². The van der Waals surface area contributed by atoms with Crippen LogP contribution in [0.1, 0.15) is 39.6 Å². The number of methoxy groups -OCH3 is 1. The van der Waals surface area contributed by atoms with E-state index in [0.717, 1.165) is 0 Å². The number of hydrogen-bond acceptors (Lipinski definition) is 7. The predicted molar refractivity (Wildman–Crippen MR) is 175 cm³/mol. The van der Waals surface area contributed by atoms with Crippen molar-refractivity contribution < 1.29 is 33.0 Å². The second-order valence-electron chi connectivity index (χ2n) is 11.6. The van der Waals surface area contributed by atoms with E-state index in [9.17, 15) is 23.6 Å². The number of aryl methyl sites for hydroxylation is 1. The number of aromatic nitrogens is 1. The molecule has 1 aromatic heterocycles. The van der Waals surface area contributed by atoms with Gasteiger partial charge < -0.3 is 34.3 Å².